The Labute approximate surface area is 106 Å². The summed E-state index contributed by atoms with van der Waals surface area (Å²) in [4.78, 5) is 11.0. The first-order chi connectivity index (χ1) is 8.40. The number of benzene rings is 1. The molecular weight excluding hydrogens is 234 g/mol. The van der Waals surface area contributed by atoms with Crippen LogP contribution < -0.4 is 9.47 Å². The number of nitriles is 1. The summed E-state index contributed by atoms with van der Waals surface area (Å²) < 4.78 is 10.7. The van der Waals surface area contributed by atoms with E-state index in [1.165, 1.54) is 26.0 Å². The molecule has 0 bridgehead atoms. The molecule has 1 aromatic carbocycles. The van der Waals surface area contributed by atoms with Crippen LogP contribution in [0.1, 0.15) is 26.3 Å². The Kier molecular flexibility index (Phi) is 4.16. The fourth-order valence-corrected chi connectivity index (χ4v) is 1.25. The molecule has 0 aliphatic rings. The van der Waals surface area contributed by atoms with E-state index in [-0.39, 0.29) is 0 Å². The highest BCUT2D eigenvalue weighted by Crippen LogP contribution is 2.31. The van der Waals surface area contributed by atoms with Crippen molar-refractivity contribution in [3.8, 4) is 17.6 Å². The maximum atomic E-state index is 11.0. The van der Waals surface area contributed by atoms with Gasteiger partial charge in [0.15, 0.2) is 17.1 Å². The fraction of sp³-hybridized carbons (Fsp3) is 0.385. The van der Waals surface area contributed by atoms with Crippen molar-refractivity contribution in [1.29, 1.82) is 5.26 Å². The van der Waals surface area contributed by atoms with E-state index < -0.39 is 11.6 Å². The molecule has 5 nitrogen and oxygen atoms in total. The number of hydrogen-bond acceptors (Lipinski definition) is 4. The molecule has 5 heteroatoms. The van der Waals surface area contributed by atoms with Crippen molar-refractivity contribution in [1.82, 2.24) is 0 Å². The Bertz CT molecular complexity index is 488. The molecule has 0 aromatic heterocycles. The van der Waals surface area contributed by atoms with E-state index >= 15 is 0 Å². The van der Waals surface area contributed by atoms with Gasteiger partial charge < -0.3 is 14.6 Å². The van der Waals surface area contributed by atoms with Crippen LogP contribution in [0.5, 0.6) is 11.5 Å². The number of carboxylic acids is 1. The fourth-order valence-electron chi connectivity index (χ4n) is 1.25. The molecule has 0 radical (unpaired) electrons. The summed E-state index contributed by atoms with van der Waals surface area (Å²) >= 11 is 0. The Morgan fingerprint density at radius 1 is 1.44 bits per heavy atom. The highest BCUT2D eigenvalue weighted by atomic mass is 16.5. The zero-order valence-corrected chi connectivity index (χ0v) is 10.6. The Morgan fingerprint density at radius 3 is 2.61 bits per heavy atom. The maximum Gasteiger partial charge on any atom is 0.347 e. The second-order valence-electron chi connectivity index (χ2n) is 4.12. The van der Waals surface area contributed by atoms with Crippen LogP contribution in [-0.4, -0.2) is 23.3 Å². The molecule has 96 valence electrons. The van der Waals surface area contributed by atoms with E-state index in [2.05, 4.69) is 0 Å². The summed E-state index contributed by atoms with van der Waals surface area (Å²) in [6.45, 7) is 5.09. The minimum Gasteiger partial charge on any atom is -0.490 e. The van der Waals surface area contributed by atoms with Crippen LogP contribution in [0.25, 0.3) is 0 Å². The summed E-state index contributed by atoms with van der Waals surface area (Å²) in [7, 11) is 0. The molecular formula is C13H15NO4. The van der Waals surface area contributed by atoms with Crippen molar-refractivity contribution in [2.24, 2.45) is 0 Å². The molecule has 1 N–H and O–H groups in total. The molecule has 0 fully saturated rings. The molecule has 1 rings (SSSR count). The Morgan fingerprint density at radius 2 is 2.11 bits per heavy atom. The topological polar surface area (TPSA) is 79.5 Å². The molecule has 0 unspecified atom stereocenters. The van der Waals surface area contributed by atoms with Gasteiger partial charge in [0.1, 0.15) is 0 Å². The first kappa shape index (κ1) is 13.8. The minimum atomic E-state index is -1.36. The van der Waals surface area contributed by atoms with Crippen molar-refractivity contribution in [3.63, 3.8) is 0 Å². The smallest absolute Gasteiger partial charge is 0.347 e. The molecule has 0 heterocycles. The van der Waals surface area contributed by atoms with E-state index in [0.717, 1.165) is 0 Å². The number of hydrogen-bond donors (Lipinski definition) is 1. The minimum absolute atomic E-state index is 0.309. The summed E-state index contributed by atoms with van der Waals surface area (Å²) in [6.07, 6.45) is 0. The lowest BCUT2D eigenvalue weighted by Crippen LogP contribution is -2.38. The number of carboxylic acid groups (broad SMARTS) is 1. The Balaban J connectivity index is 3.09. The normalized spacial score (nSPS) is 10.6. The largest absolute Gasteiger partial charge is 0.490 e. The molecule has 0 aliphatic carbocycles. The number of aliphatic carboxylic acids is 1. The van der Waals surface area contributed by atoms with E-state index in [9.17, 15) is 4.79 Å². The molecule has 0 saturated heterocycles. The summed E-state index contributed by atoms with van der Waals surface area (Å²) in [5.41, 5.74) is -0.932. The molecule has 0 amide bonds. The van der Waals surface area contributed by atoms with Gasteiger partial charge in [-0.05, 0) is 32.9 Å². The molecule has 1 aromatic rings. The maximum absolute atomic E-state index is 11.0. The second kappa shape index (κ2) is 5.41. The van der Waals surface area contributed by atoms with E-state index in [4.69, 9.17) is 19.8 Å². The van der Waals surface area contributed by atoms with Crippen molar-refractivity contribution in [2.75, 3.05) is 6.61 Å². The quantitative estimate of drug-likeness (QED) is 0.865. The van der Waals surface area contributed by atoms with Gasteiger partial charge in [-0.1, -0.05) is 0 Å². The van der Waals surface area contributed by atoms with Gasteiger partial charge in [-0.25, -0.2) is 4.79 Å². The first-order valence-electron chi connectivity index (χ1n) is 5.50. The third kappa shape index (κ3) is 3.14. The van der Waals surface area contributed by atoms with Crippen LogP contribution in [0.3, 0.4) is 0 Å². The van der Waals surface area contributed by atoms with Gasteiger partial charge in [-0.2, -0.15) is 5.26 Å². The van der Waals surface area contributed by atoms with Crippen molar-refractivity contribution < 1.29 is 19.4 Å². The van der Waals surface area contributed by atoms with Gasteiger partial charge in [0.05, 0.1) is 18.2 Å². The van der Waals surface area contributed by atoms with Crippen LogP contribution in [0.15, 0.2) is 18.2 Å². The van der Waals surface area contributed by atoms with Gasteiger partial charge in [0.2, 0.25) is 0 Å². The lowest BCUT2D eigenvalue weighted by Gasteiger charge is -2.23. The SMILES string of the molecule is CCOc1cc(C#N)ccc1OC(C)(C)C(=O)O. The lowest BCUT2D eigenvalue weighted by molar-refractivity contribution is -0.152. The van der Waals surface area contributed by atoms with Gasteiger partial charge in [0.25, 0.3) is 0 Å². The van der Waals surface area contributed by atoms with Gasteiger partial charge in [-0.3, -0.25) is 0 Å². The van der Waals surface area contributed by atoms with Crippen molar-refractivity contribution in [3.05, 3.63) is 23.8 Å². The molecule has 0 atom stereocenters. The predicted molar refractivity (Wildman–Crippen MR) is 64.7 cm³/mol. The molecule has 0 aliphatic heterocycles. The molecule has 0 saturated carbocycles. The Hall–Kier alpha value is -2.22. The van der Waals surface area contributed by atoms with Gasteiger partial charge in [-0.15, -0.1) is 0 Å². The zero-order valence-electron chi connectivity index (χ0n) is 10.6. The van der Waals surface area contributed by atoms with E-state index in [1.807, 2.05) is 6.07 Å². The van der Waals surface area contributed by atoms with Crippen LogP contribution in [0, 0.1) is 11.3 Å². The van der Waals surface area contributed by atoms with Gasteiger partial charge >= 0.3 is 5.97 Å². The molecule has 18 heavy (non-hydrogen) atoms. The number of rotatable bonds is 5. The average Bonchev–Trinajstić information content (AvgIpc) is 2.31. The standard InChI is InChI=1S/C13H15NO4/c1-4-17-11-7-9(8-14)5-6-10(11)18-13(2,3)12(15)16/h5-7H,4H2,1-3H3,(H,15,16). The van der Waals surface area contributed by atoms with Crippen molar-refractivity contribution >= 4 is 5.97 Å². The third-order valence-corrected chi connectivity index (χ3v) is 2.25. The van der Waals surface area contributed by atoms with Crippen molar-refractivity contribution in [2.45, 2.75) is 26.4 Å². The summed E-state index contributed by atoms with van der Waals surface area (Å²) in [6, 6.07) is 6.60. The third-order valence-electron chi connectivity index (χ3n) is 2.25. The predicted octanol–water partition coefficient (Wildman–Crippen LogP) is 2.20. The van der Waals surface area contributed by atoms with Crippen LogP contribution in [-0.2, 0) is 4.79 Å². The van der Waals surface area contributed by atoms with Crippen LogP contribution in [0.2, 0.25) is 0 Å². The highest BCUT2D eigenvalue weighted by molar-refractivity contribution is 5.77. The average molecular weight is 249 g/mol. The monoisotopic (exact) mass is 249 g/mol. The highest BCUT2D eigenvalue weighted by Gasteiger charge is 2.30. The zero-order chi connectivity index (χ0) is 13.8. The van der Waals surface area contributed by atoms with Gasteiger partial charge in [0, 0.05) is 6.07 Å². The van der Waals surface area contributed by atoms with E-state index in [1.54, 1.807) is 13.0 Å². The summed E-state index contributed by atoms with van der Waals surface area (Å²) in [5, 5.41) is 17.8. The van der Waals surface area contributed by atoms with Crippen LogP contribution in [0.4, 0.5) is 0 Å². The van der Waals surface area contributed by atoms with E-state index in [0.29, 0.717) is 23.7 Å². The van der Waals surface area contributed by atoms with Crippen LogP contribution >= 0.6 is 0 Å². The lowest BCUT2D eigenvalue weighted by atomic mass is 10.1. The molecule has 0 spiro atoms. The second-order valence-corrected chi connectivity index (χ2v) is 4.12. The number of nitrogens with zero attached hydrogens (tertiary/aromatic N) is 1. The number of carbonyl (C=O) groups is 1. The first-order valence-corrected chi connectivity index (χ1v) is 5.50. The number of ether oxygens (including phenoxy) is 2. The summed E-state index contributed by atoms with van der Waals surface area (Å²) in [5.74, 6) is -0.400.